The minimum atomic E-state index is 0.656. The number of methoxy groups -OCH3 is 1. The van der Waals surface area contributed by atoms with Gasteiger partial charge in [0.15, 0.2) is 0 Å². The molecule has 0 N–H and O–H groups in total. The molecule has 3 heteroatoms. The van der Waals surface area contributed by atoms with Gasteiger partial charge < -0.3 is 14.2 Å². The molecule has 74 valence electrons. The average molecular weight is 176 g/mol. The summed E-state index contributed by atoms with van der Waals surface area (Å²) in [5.41, 5.74) is 0. The van der Waals surface area contributed by atoms with Crippen LogP contribution in [0.15, 0.2) is 13.2 Å². The van der Waals surface area contributed by atoms with E-state index in [-0.39, 0.29) is 0 Å². The fraction of sp³-hybridized carbons (Fsp3) is 0.778. The first-order chi connectivity index (χ1) is 5.91. The van der Waals surface area contributed by atoms with E-state index in [0.29, 0.717) is 26.4 Å². The van der Waals surface area contributed by atoms with Crippen molar-refractivity contribution in [3.63, 3.8) is 0 Å². The minimum absolute atomic E-state index is 0.656. The Balaban J connectivity index is 0. The van der Waals surface area contributed by atoms with Crippen LogP contribution in [0.5, 0.6) is 0 Å². The summed E-state index contributed by atoms with van der Waals surface area (Å²) in [6.45, 7) is 11.4. The first-order valence-electron chi connectivity index (χ1n) is 4.06. The standard InChI is InChI=1S/C7H16O3.C2H4/c1-3-9-6-7-10-5-4-8-2;1-2/h3-7H2,1-2H3;1-2H2. The molecule has 0 rings (SSSR count). The van der Waals surface area contributed by atoms with Crippen molar-refractivity contribution in [3.05, 3.63) is 13.2 Å². The maximum atomic E-state index is 5.13. The summed E-state index contributed by atoms with van der Waals surface area (Å²) >= 11 is 0. The summed E-state index contributed by atoms with van der Waals surface area (Å²) < 4.78 is 15.0. The second-order valence-electron chi connectivity index (χ2n) is 1.80. The highest BCUT2D eigenvalue weighted by molar-refractivity contribution is 4.29. The number of ether oxygens (including phenoxy) is 3. The molecule has 0 aliphatic carbocycles. The van der Waals surface area contributed by atoms with Crippen LogP contribution >= 0.6 is 0 Å². The molecule has 0 aromatic rings. The van der Waals surface area contributed by atoms with Gasteiger partial charge >= 0.3 is 0 Å². The molecular weight excluding hydrogens is 156 g/mol. The SMILES string of the molecule is C=C.CCOCCOCCOC. The average Bonchev–Trinajstić information content (AvgIpc) is 2.15. The molecule has 0 amide bonds. The molecule has 0 saturated heterocycles. The molecule has 0 bridgehead atoms. The van der Waals surface area contributed by atoms with Gasteiger partial charge in [-0.1, -0.05) is 0 Å². The van der Waals surface area contributed by atoms with Gasteiger partial charge in [0.2, 0.25) is 0 Å². The third-order valence-electron chi connectivity index (χ3n) is 1.01. The highest BCUT2D eigenvalue weighted by Gasteiger charge is 1.86. The molecule has 0 aromatic heterocycles. The normalized spacial score (nSPS) is 8.83. The van der Waals surface area contributed by atoms with E-state index in [2.05, 4.69) is 13.2 Å². The lowest BCUT2D eigenvalue weighted by Gasteiger charge is -2.02. The van der Waals surface area contributed by atoms with Gasteiger partial charge in [-0.2, -0.15) is 0 Å². The molecule has 0 fully saturated rings. The molecule has 0 aromatic carbocycles. The van der Waals surface area contributed by atoms with Crippen LogP contribution in [-0.4, -0.2) is 40.1 Å². The Labute approximate surface area is 75.3 Å². The third-order valence-corrected chi connectivity index (χ3v) is 1.01. The second-order valence-corrected chi connectivity index (χ2v) is 1.80. The van der Waals surface area contributed by atoms with E-state index in [9.17, 15) is 0 Å². The van der Waals surface area contributed by atoms with E-state index >= 15 is 0 Å². The molecule has 0 unspecified atom stereocenters. The van der Waals surface area contributed by atoms with E-state index in [1.165, 1.54) is 0 Å². The Morgan fingerprint density at radius 1 is 0.917 bits per heavy atom. The van der Waals surface area contributed by atoms with Crippen LogP contribution in [0, 0.1) is 0 Å². The van der Waals surface area contributed by atoms with Gasteiger partial charge in [-0.05, 0) is 6.92 Å². The molecular formula is C9H20O3. The number of hydrogen-bond donors (Lipinski definition) is 0. The first kappa shape index (κ1) is 14.2. The third kappa shape index (κ3) is 16.3. The fourth-order valence-electron chi connectivity index (χ4n) is 0.507. The second kappa shape index (κ2) is 16.9. The van der Waals surface area contributed by atoms with Crippen molar-refractivity contribution in [1.29, 1.82) is 0 Å². The molecule has 0 heterocycles. The van der Waals surface area contributed by atoms with Crippen LogP contribution in [-0.2, 0) is 14.2 Å². The lowest BCUT2D eigenvalue weighted by Crippen LogP contribution is -2.07. The van der Waals surface area contributed by atoms with Crippen LogP contribution in [0.4, 0.5) is 0 Å². The molecule has 12 heavy (non-hydrogen) atoms. The topological polar surface area (TPSA) is 27.7 Å². The van der Waals surface area contributed by atoms with Crippen LogP contribution < -0.4 is 0 Å². The quantitative estimate of drug-likeness (QED) is 0.434. The summed E-state index contributed by atoms with van der Waals surface area (Å²) in [7, 11) is 1.66. The predicted molar refractivity (Wildman–Crippen MR) is 50.4 cm³/mol. The molecule has 0 aliphatic rings. The molecule has 0 atom stereocenters. The Morgan fingerprint density at radius 3 is 1.92 bits per heavy atom. The van der Waals surface area contributed by atoms with Crippen molar-refractivity contribution in [1.82, 2.24) is 0 Å². The van der Waals surface area contributed by atoms with Gasteiger partial charge in [-0.25, -0.2) is 0 Å². The van der Waals surface area contributed by atoms with Crippen LogP contribution in [0.1, 0.15) is 6.92 Å². The van der Waals surface area contributed by atoms with E-state index in [4.69, 9.17) is 14.2 Å². The summed E-state index contributed by atoms with van der Waals surface area (Å²) in [5.74, 6) is 0. The number of rotatable bonds is 7. The van der Waals surface area contributed by atoms with Crippen LogP contribution in [0.25, 0.3) is 0 Å². The zero-order valence-electron chi connectivity index (χ0n) is 8.17. The smallest absolute Gasteiger partial charge is 0.0701 e. The maximum absolute atomic E-state index is 5.13. The van der Waals surface area contributed by atoms with Crippen LogP contribution in [0.3, 0.4) is 0 Å². The van der Waals surface area contributed by atoms with E-state index in [1.54, 1.807) is 7.11 Å². The van der Waals surface area contributed by atoms with Gasteiger partial charge in [0.25, 0.3) is 0 Å². The van der Waals surface area contributed by atoms with Crippen LogP contribution in [0.2, 0.25) is 0 Å². The highest BCUT2D eigenvalue weighted by Crippen LogP contribution is 1.77. The van der Waals surface area contributed by atoms with Gasteiger partial charge in [-0.3, -0.25) is 0 Å². The largest absolute Gasteiger partial charge is 0.382 e. The predicted octanol–water partition coefficient (Wildman–Crippen LogP) is 1.49. The first-order valence-corrected chi connectivity index (χ1v) is 4.06. The van der Waals surface area contributed by atoms with Gasteiger partial charge in [0.1, 0.15) is 0 Å². The summed E-state index contributed by atoms with van der Waals surface area (Å²) in [5, 5.41) is 0. The summed E-state index contributed by atoms with van der Waals surface area (Å²) in [4.78, 5) is 0. The van der Waals surface area contributed by atoms with Crippen molar-refractivity contribution in [2.45, 2.75) is 6.92 Å². The van der Waals surface area contributed by atoms with Crippen molar-refractivity contribution >= 4 is 0 Å². The molecule has 3 nitrogen and oxygen atoms in total. The van der Waals surface area contributed by atoms with Crippen molar-refractivity contribution in [2.75, 3.05) is 40.1 Å². The zero-order chi connectivity index (χ0) is 9.66. The minimum Gasteiger partial charge on any atom is -0.382 e. The molecule has 0 spiro atoms. The number of hydrogen-bond acceptors (Lipinski definition) is 3. The lowest BCUT2D eigenvalue weighted by molar-refractivity contribution is 0.0280. The molecule has 0 saturated carbocycles. The van der Waals surface area contributed by atoms with E-state index in [1.807, 2.05) is 6.92 Å². The van der Waals surface area contributed by atoms with Gasteiger partial charge in [-0.15, -0.1) is 13.2 Å². The van der Waals surface area contributed by atoms with Crippen molar-refractivity contribution < 1.29 is 14.2 Å². The zero-order valence-corrected chi connectivity index (χ0v) is 8.17. The van der Waals surface area contributed by atoms with Crippen molar-refractivity contribution in [3.8, 4) is 0 Å². The molecule has 0 radical (unpaired) electrons. The Hall–Kier alpha value is -0.380. The summed E-state index contributed by atoms with van der Waals surface area (Å²) in [6, 6.07) is 0. The highest BCUT2D eigenvalue weighted by atomic mass is 16.5. The Morgan fingerprint density at radius 2 is 1.42 bits per heavy atom. The monoisotopic (exact) mass is 176 g/mol. The maximum Gasteiger partial charge on any atom is 0.0701 e. The Bertz CT molecular complexity index is 58.8. The Kier molecular flexibility index (Phi) is 20.0. The van der Waals surface area contributed by atoms with E-state index in [0.717, 1.165) is 6.61 Å². The van der Waals surface area contributed by atoms with Crippen molar-refractivity contribution in [2.24, 2.45) is 0 Å². The van der Waals surface area contributed by atoms with Gasteiger partial charge in [0.05, 0.1) is 26.4 Å². The molecule has 0 aliphatic heterocycles. The summed E-state index contributed by atoms with van der Waals surface area (Å²) in [6.07, 6.45) is 0. The van der Waals surface area contributed by atoms with Gasteiger partial charge in [0, 0.05) is 13.7 Å². The fourth-order valence-corrected chi connectivity index (χ4v) is 0.507. The van der Waals surface area contributed by atoms with E-state index < -0.39 is 0 Å². The lowest BCUT2D eigenvalue weighted by atomic mass is 10.7.